The first-order valence-corrected chi connectivity index (χ1v) is 10.0. The van der Waals surface area contributed by atoms with Crippen molar-refractivity contribution in [3.05, 3.63) is 33.9 Å². The van der Waals surface area contributed by atoms with Crippen molar-refractivity contribution in [1.29, 1.82) is 0 Å². The third-order valence-electron chi connectivity index (χ3n) is 6.60. The Bertz CT molecular complexity index is 916. The zero-order valence-corrected chi connectivity index (χ0v) is 16.5. The van der Waals surface area contributed by atoms with Gasteiger partial charge in [0, 0.05) is 36.8 Å². The van der Waals surface area contributed by atoms with Crippen LogP contribution in [0, 0.1) is 15.5 Å². The van der Waals surface area contributed by atoms with Gasteiger partial charge in [-0.25, -0.2) is 4.79 Å². The van der Waals surface area contributed by atoms with E-state index in [0.29, 0.717) is 24.9 Å². The number of amides is 4. The molecule has 0 aromatic heterocycles. The van der Waals surface area contributed by atoms with E-state index < -0.39 is 28.2 Å². The molecule has 9 heteroatoms. The summed E-state index contributed by atoms with van der Waals surface area (Å²) >= 11 is 0. The van der Waals surface area contributed by atoms with E-state index in [4.69, 9.17) is 0 Å². The van der Waals surface area contributed by atoms with E-state index in [1.165, 1.54) is 12.1 Å². The van der Waals surface area contributed by atoms with Crippen molar-refractivity contribution in [3.63, 3.8) is 0 Å². The van der Waals surface area contributed by atoms with Crippen LogP contribution >= 0.6 is 0 Å². The van der Waals surface area contributed by atoms with Crippen molar-refractivity contribution in [1.82, 2.24) is 10.2 Å². The molecule has 29 heavy (non-hydrogen) atoms. The molecule has 2 fully saturated rings. The highest BCUT2D eigenvalue weighted by Gasteiger charge is 2.62. The number of hydrogen-bond donors (Lipinski definition) is 1. The first kappa shape index (κ1) is 19.4. The molecule has 1 spiro atoms. The number of nitro groups is 1. The summed E-state index contributed by atoms with van der Waals surface area (Å²) in [6, 6.07) is 3.20. The molecule has 1 N–H and O–H groups in total. The van der Waals surface area contributed by atoms with Gasteiger partial charge in [-0.2, -0.15) is 0 Å². The maximum Gasteiger partial charge on any atom is 0.331 e. The predicted octanol–water partition coefficient (Wildman–Crippen LogP) is 2.37. The summed E-state index contributed by atoms with van der Waals surface area (Å²) in [5, 5.41) is 13.7. The zero-order valence-electron chi connectivity index (χ0n) is 16.5. The first-order chi connectivity index (χ1) is 13.8. The molecule has 3 heterocycles. The number of rotatable bonds is 3. The van der Waals surface area contributed by atoms with E-state index in [1.54, 1.807) is 13.0 Å². The van der Waals surface area contributed by atoms with Crippen LogP contribution in [0.3, 0.4) is 0 Å². The predicted molar refractivity (Wildman–Crippen MR) is 104 cm³/mol. The van der Waals surface area contributed by atoms with Gasteiger partial charge in [-0.3, -0.25) is 29.9 Å². The topological polar surface area (TPSA) is 113 Å². The van der Waals surface area contributed by atoms with E-state index in [2.05, 4.69) is 5.32 Å². The lowest BCUT2D eigenvalue weighted by Crippen LogP contribution is -2.73. The summed E-state index contributed by atoms with van der Waals surface area (Å²) in [6.45, 7) is 4.32. The van der Waals surface area contributed by atoms with Crippen LogP contribution in [0.25, 0.3) is 0 Å². The fourth-order valence-corrected chi connectivity index (χ4v) is 4.96. The van der Waals surface area contributed by atoms with Crippen molar-refractivity contribution in [2.45, 2.75) is 58.0 Å². The standard InChI is InChI=1S/C20H24N4O5/c1-3-12(2)23-18(26)20(17(25)21-19(23)27)11-13-10-14(24(28)29)7-8-15(13)22-9-5-4-6-16(20)22/h7-8,10,12,16H,3-6,9,11H2,1-2H3,(H,21,25,27)/t12-,16+,20+/m0/s1. The van der Waals surface area contributed by atoms with Gasteiger partial charge in [0.15, 0.2) is 5.41 Å². The number of non-ortho nitro benzene ring substituents is 1. The number of hydrogen-bond acceptors (Lipinski definition) is 6. The molecule has 1 aromatic carbocycles. The molecule has 1 aromatic rings. The summed E-state index contributed by atoms with van der Waals surface area (Å²) in [5.41, 5.74) is -0.106. The summed E-state index contributed by atoms with van der Waals surface area (Å²) in [7, 11) is 0. The lowest BCUT2D eigenvalue weighted by molar-refractivity contribution is -0.384. The van der Waals surface area contributed by atoms with Gasteiger partial charge in [-0.05, 0) is 44.2 Å². The van der Waals surface area contributed by atoms with Crippen molar-refractivity contribution in [2.75, 3.05) is 11.4 Å². The molecule has 154 valence electrons. The van der Waals surface area contributed by atoms with Crippen molar-refractivity contribution >= 4 is 29.2 Å². The normalized spacial score (nSPS) is 27.4. The maximum atomic E-state index is 13.7. The number of barbiturate groups is 1. The average Bonchev–Trinajstić information content (AvgIpc) is 2.71. The Morgan fingerprint density at radius 3 is 2.76 bits per heavy atom. The zero-order chi connectivity index (χ0) is 20.9. The Hall–Kier alpha value is -2.97. The summed E-state index contributed by atoms with van der Waals surface area (Å²) < 4.78 is 0. The molecule has 3 aliphatic rings. The van der Waals surface area contributed by atoms with Crippen LogP contribution in [0.2, 0.25) is 0 Å². The number of nitrogens with one attached hydrogen (secondary N) is 1. The Kier molecular flexibility index (Phi) is 4.55. The number of urea groups is 1. The molecule has 0 bridgehead atoms. The third-order valence-corrected chi connectivity index (χ3v) is 6.60. The molecule has 0 aliphatic carbocycles. The number of imide groups is 2. The minimum atomic E-state index is -1.46. The van der Waals surface area contributed by atoms with Gasteiger partial charge in [0.1, 0.15) is 0 Å². The minimum Gasteiger partial charge on any atom is -0.367 e. The molecule has 2 saturated heterocycles. The second-order valence-electron chi connectivity index (χ2n) is 8.11. The van der Waals surface area contributed by atoms with Crippen LogP contribution in [0.15, 0.2) is 18.2 Å². The van der Waals surface area contributed by atoms with Crippen LogP contribution < -0.4 is 10.2 Å². The van der Waals surface area contributed by atoms with Gasteiger partial charge in [-0.15, -0.1) is 0 Å². The van der Waals surface area contributed by atoms with Gasteiger partial charge < -0.3 is 4.90 Å². The van der Waals surface area contributed by atoms with Gasteiger partial charge in [-0.1, -0.05) is 6.92 Å². The van der Waals surface area contributed by atoms with Gasteiger partial charge >= 0.3 is 6.03 Å². The molecule has 9 nitrogen and oxygen atoms in total. The van der Waals surface area contributed by atoms with Crippen molar-refractivity contribution < 1.29 is 19.3 Å². The lowest BCUT2D eigenvalue weighted by Gasteiger charge is -2.54. The summed E-state index contributed by atoms with van der Waals surface area (Å²) in [6.07, 6.45) is 3.06. The highest BCUT2D eigenvalue weighted by atomic mass is 16.6. The largest absolute Gasteiger partial charge is 0.367 e. The second-order valence-corrected chi connectivity index (χ2v) is 8.11. The highest BCUT2D eigenvalue weighted by molar-refractivity contribution is 6.20. The highest BCUT2D eigenvalue weighted by Crippen LogP contribution is 2.48. The number of carbonyl (C=O) groups is 3. The van der Waals surface area contributed by atoms with Crippen LogP contribution in [-0.4, -0.2) is 46.3 Å². The number of nitrogens with zero attached hydrogens (tertiary/aromatic N) is 3. The number of carbonyl (C=O) groups excluding carboxylic acids is 3. The monoisotopic (exact) mass is 400 g/mol. The summed E-state index contributed by atoms with van der Waals surface area (Å²) in [4.78, 5) is 53.3. The number of nitro benzene ring substituents is 1. The molecule has 0 unspecified atom stereocenters. The molecule has 3 atom stereocenters. The Morgan fingerprint density at radius 2 is 2.07 bits per heavy atom. The second kappa shape index (κ2) is 6.82. The molecule has 0 radical (unpaired) electrons. The third kappa shape index (κ3) is 2.71. The Balaban J connectivity index is 1.88. The van der Waals surface area contributed by atoms with Gasteiger partial charge in [0.2, 0.25) is 11.8 Å². The SMILES string of the molecule is CC[C@H](C)N1C(=O)NC(=O)[C@]2(Cc3cc([N+](=O)[O-])ccc3N3CCCC[C@@H]32)C1=O. The van der Waals surface area contributed by atoms with Crippen molar-refractivity contribution in [2.24, 2.45) is 5.41 Å². The number of fused-ring (bicyclic) bond motifs is 4. The van der Waals surface area contributed by atoms with Crippen LogP contribution in [0.5, 0.6) is 0 Å². The van der Waals surface area contributed by atoms with Crippen molar-refractivity contribution in [3.8, 4) is 0 Å². The van der Waals surface area contributed by atoms with Crippen LogP contribution in [0.1, 0.15) is 45.1 Å². The average molecular weight is 400 g/mol. The van der Waals surface area contributed by atoms with Gasteiger partial charge in [0.05, 0.1) is 11.0 Å². The quantitative estimate of drug-likeness (QED) is 0.473. The molecule has 3 aliphatic heterocycles. The minimum absolute atomic E-state index is 0.0516. The maximum absolute atomic E-state index is 13.7. The smallest absolute Gasteiger partial charge is 0.331 e. The van der Waals surface area contributed by atoms with E-state index >= 15 is 0 Å². The number of anilines is 1. The Labute approximate surface area is 168 Å². The lowest BCUT2D eigenvalue weighted by atomic mass is 9.66. The molecule has 0 saturated carbocycles. The molecular weight excluding hydrogens is 376 g/mol. The van der Waals surface area contributed by atoms with Crippen LogP contribution in [0.4, 0.5) is 16.2 Å². The van der Waals surface area contributed by atoms with E-state index in [-0.39, 0.29) is 24.2 Å². The van der Waals surface area contributed by atoms with Gasteiger partial charge in [0.25, 0.3) is 5.69 Å². The summed E-state index contributed by atoms with van der Waals surface area (Å²) in [5.74, 6) is -1.09. The molecule has 4 rings (SSSR count). The van der Waals surface area contributed by atoms with E-state index in [0.717, 1.165) is 23.4 Å². The molecule has 4 amide bonds. The van der Waals surface area contributed by atoms with E-state index in [9.17, 15) is 24.5 Å². The molecular formula is C20H24N4O5. The number of piperidine rings is 1. The fourth-order valence-electron chi connectivity index (χ4n) is 4.96. The number of benzene rings is 1. The fraction of sp³-hybridized carbons (Fsp3) is 0.550. The Morgan fingerprint density at radius 1 is 1.31 bits per heavy atom. The first-order valence-electron chi connectivity index (χ1n) is 10.0. The van der Waals surface area contributed by atoms with Crippen LogP contribution in [-0.2, 0) is 16.0 Å². The van der Waals surface area contributed by atoms with E-state index in [1.807, 2.05) is 11.8 Å².